The maximum absolute atomic E-state index is 13.6. The minimum Gasteiger partial charge on any atom is -0.494 e. The average molecular weight is 538 g/mol. The Bertz CT molecular complexity index is 1370. The average Bonchev–Trinajstić information content (AvgIpc) is 3.27. The second-order valence-electron chi connectivity index (χ2n) is 7.33. The summed E-state index contributed by atoms with van der Waals surface area (Å²) in [5.41, 5.74) is 2.04. The van der Waals surface area contributed by atoms with Crippen LogP contribution in [0.1, 0.15) is 22.8 Å². The molecular formula is C25H20BrN3O4S. The highest BCUT2D eigenvalue weighted by atomic mass is 79.9. The Balaban J connectivity index is 1.51. The van der Waals surface area contributed by atoms with Crippen LogP contribution in [0.2, 0.25) is 0 Å². The minimum absolute atomic E-state index is 0.322. The lowest BCUT2D eigenvalue weighted by Crippen LogP contribution is -2.26. The maximum atomic E-state index is 13.6. The van der Waals surface area contributed by atoms with E-state index in [1.54, 1.807) is 24.4 Å². The number of nitrogens with zero attached hydrogens (tertiary/aromatic N) is 3. The predicted octanol–water partition coefficient (Wildman–Crippen LogP) is 5.91. The van der Waals surface area contributed by atoms with E-state index in [4.69, 9.17) is 14.2 Å². The molecule has 5 rings (SSSR count). The molecule has 0 bridgehead atoms. The summed E-state index contributed by atoms with van der Waals surface area (Å²) in [6.45, 7) is 3.46. The number of hydrazone groups is 1. The van der Waals surface area contributed by atoms with Crippen LogP contribution in [0.3, 0.4) is 0 Å². The molecule has 0 saturated heterocycles. The van der Waals surface area contributed by atoms with Crippen LogP contribution < -0.4 is 19.2 Å². The molecule has 1 aliphatic heterocycles. The molecule has 1 amide bonds. The van der Waals surface area contributed by atoms with Crippen molar-refractivity contribution in [1.82, 2.24) is 4.98 Å². The summed E-state index contributed by atoms with van der Waals surface area (Å²) in [5.74, 6) is 1.62. The molecule has 0 spiro atoms. The number of carbonyl (C=O) groups is 1. The van der Waals surface area contributed by atoms with Crippen molar-refractivity contribution in [1.29, 1.82) is 0 Å². The normalized spacial score (nSPS) is 12.8. The van der Waals surface area contributed by atoms with Crippen molar-refractivity contribution < 1.29 is 19.0 Å². The summed E-state index contributed by atoms with van der Waals surface area (Å²) in [6, 6.07) is 18.4. The van der Waals surface area contributed by atoms with E-state index < -0.39 is 0 Å². The van der Waals surface area contributed by atoms with Crippen molar-refractivity contribution >= 4 is 54.7 Å². The van der Waals surface area contributed by atoms with Crippen LogP contribution >= 0.6 is 27.3 Å². The van der Waals surface area contributed by atoms with E-state index in [-0.39, 0.29) is 5.91 Å². The van der Waals surface area contributed by atoms with Gasteiger partial charge in [-0.1, -0.05) is 27.3 Å². The third-order valence-corrected chi connectivity index (χ3v) is 6.50. The zero-order valence-electron chi connectivity index (χ0n) is 18.2. The molecule has 4 aromatic rings. The fourth-order valence-corrected chi connectivity index (χ4v) is 4.88. The number of ether oxygens (including phenoxy) is 3. The van der Waals surface area contributed by atoms with Crippen LogP contribution in [-0.2, 0) is 0 Å². The Hall–Kier alpha value is -3.43. The van der Waals surface area contributed by atoms with Gasteiger partial charge in [-0.3, -0.25) is 4.79 Å². The lowest BCUT2D eigenvalue weighted by Gasteiger charge is -2.20. The first-order valence-electron chi connectivity index (χ1n) is 10.7. The molecule has 1 aromatic heterocycles. The van der Waals surface area contributed by atoms with Gasteiger partial charge in [0.1, 0.15) is 19.0 Å². The molecule has 1 aliphatic rings. The SMILES string of the molecule is CCOc1ccc(/C=N/N(C(=O)c2ccc3c(c2)OCCO3)c2nc3ccc(Br)cc3s2)cc1. The Morgan fingerprint density at radius 1 is 1.12 bits per heavy atom. The highest BCUT2D eigenvalue weighted by molar-refractivity contribution is 9.10. The summed E-state index contributed by atoms with van der Waals surface area (Å²) in [7, 11) is 0. The highest BCUT2D eigenvalue weighted by Gasteiger charge is 2.23. The van der Waals surface area contributed by atoms with E-state index >= 15 is 0 Å². The van der Waals surface area contributed by atoms with Crippen LogP contribution in [0.15, 0.2) is 70.2 Å². The van der Waals surface area contributed by atoms with Crippen LogP contribution in [0.25, 0.3) is 10.2 Å². The molecule has 0 saturated carbocycles. The zero-order valence-corrected chi connectivity index (χ0v) is 20.6. The number of thiazole rings is 1. The van der Waals surface area contributed by atoms with Crippen LogP contribution in [0.4, 0.5) is 5.13 Å². The molecule has 9 heteroatoms. The lowest BCUT2D eigenvalue weighted by molar-refractivity contribution is 0.0986. The van der Waals surface area contributed by atoms with Gasteiger partial charge in [0.15, 0.2) is 11.5 Å². The van der Waals surface area contributed by atoms with E-state index in [2.05, 4.69) is 26.0 Å². The summed E-state index contributed by atoms with van der Waals surface area (Å²) in [4.78, 5) is 18.2. The van der Waals surface area contributed by atoms with Crippen molar-refractivity contribution in [2.45, 2.75) is 6.92 Å². The van der Waals surface area contributed by atoms with E-state index in [0.29, 0.717) is 42.0 Å². The fourth-order valence-electron chi connectivity index (χ4n) is 3.41. The summed E-state index contributed by atoms with van der Waals surface area (Å²) >= 11 is 4.88. The van der Waals surface area contributed by atoms with Gasteiger partial charge in [0.2, 0.25) is 5.13 Å². The zero-order chi connectivity index (χ0) is 23.5. The number of carbonyl (C=O) groups excluding carboxylic acids is 1. The molecule has 34 heavy (non-hydrogen) atoms. The number of benzene rings is 3. The third-order valence-electron chi connectivity index (χ3n) is 5.02. The van der Waals surface area contributed by atoms with Crippen molar-refractivity contribution in [3.63, 3.8) is 0 Å². The number of anilines is 1. The van der Waals surface area contributed by atoms with Gasteiger partial charge < -0.3 is 14.2 Å². The molecule has 0 atom stereocenters. The van der Waals surface area contributed by atoms with Crippen molar-refractivity contribution in [3.05, 3.63) is 76.3 Å². The van der Waals surface area contributed by atoms with E-state index in [0.717, 1.165) is 26.0 Å². The molecule has 0 fully saturated rings. The standard InChI is InChI=1S/C25H20BrN3O4S/c1-2-31-19-7-3-16(4-8-19)15-27-29(25-28-20-9-6-18(26)14-23(20)34-25)24(30)17-5-10-21-22(13-17)33-12-11-32-21/h3-10,13-15H,2,11-12H2,1H3/b27-15+. The number of amides is 1. The van der Waals surface area contributed by atoms with Gasteiger partial charge in [0, 0.05) is 10.0 Å². The monoisotopic (exact) mass is 537 g/mol. The molecule has 0 unspecified atom stereocenters. The number of fused-ring (bicyclic) bond motifs is 2. The second-order valence-corrected chi connectivity index (χ2v) is 9.26. The quantitative estimate of drug-likeness (QED) is 0.226. The number of hydrogen-bond acceptors (Lipinski definition) is 7. The van der Waals surface area contributed by atoms with Gasteiger partial charge in [0.05, 0.1) is 23.0 Å². The summed E-state index contributed by atoms with van der Waals surface area (Å²) in [6.07, 6.45) is 1.63. The molecule has 7 nitrogen and oxygen atoms in total. The minimum atomic E-state index is -0.322. The summed E-state index contributed by atoms with van der Waals surface area (Å²) < 4.78 is 18.6. The van der Waals surface area contributed by atoms with Gasteiger partial charge in [0.25, 0.3) is 5.91 Å². The first kappa shape index (κ1) is 22.4. The Labute approximate surface area is 208 Å². The van der Waals surface area contributed by atoms with Crippen LogP contribution in [0.5, 0.6) is 17.2 Å². The molecule has 0 aliphatic carbocycles. The highest BCUT2D eigenvalue weighted by Crippen LogP contribution is 2.34. The molecule has 0 radical (unpaired) electrons. The first-order chi connectivity index (χ1) is 16.6. The topological polar surface area (TPSA) is 73.2 Å². The largest absolute Gasteiger partial charge is 0.494 e. The van der Waals surface area contributed by atoms with Gasteiger partial charge in [-0.25, -0.2) is 4.98 Å². The number of halogens is 1. The predicted molar refractivity (Wildman–Crippen MR) is 137 cm³/mol. The third kappa shape index (κ3) is 4.76. The molecule has 172 valence electrons. The maximum Gasteiger partial charge on any atom is 0.280 e. The van der Waals surface area contributed by atoms with Crippen LogP contribution in [0, 0.1) is 0 Å². The Morgan fingerprint density at radius 3 is 2.71 bits per heavy atom. The number of aromatic nitrogens is 1. The lowest BCUT2D eigenvalue weighted by atomic mass is 10.2. The van der Waals surface area contributed by atoms with Crippen molar-refractivity contribution in [2.75, 3.05) is 24.8 Å². The van der Waals surface area contributed by atoms with Gasteiger partial charge >= 0.3 is 0 Å². The molecule has 2 heterocycles. The van der Waals surface area contributed by atoms with E-state index in [9.17, 15) is 4.79 Å². The van der Waals surface area contributed by atoms with Crippen molar-refractivity contribution in [2.24, 2.45) is 5.10 Å². The molecule has 0 N–H and O–H groups in total. The van der Waals surface area contributed by atoms with Gasteiger partial charge in [-0.15, -0.1) is 0 Å². The smallest absolute Gasteiger partial charge is 0.280 e. The molecular weight excluding hydrogens is 518 g/mol. The van der Waals surface area contributed by atoms with Crippen molar-refractivity contribution in [3.8, 4) is 17.2 Å². The number of rotatable bonds is 6. The van der Waals surface area contributed by atoms with Gasteiger partial charge in [-0.2, -0.15) is 10.1 Å². The van der Waals surface area contributed by atoms with Gasteiger partial charge in [-0.05, 0) is 73.2 Å². The molecule has 3 aromatic carbocycles. The summed E-state index contributed by atoms with van der Waals surface area (Å²) in [5, 5.41) is 6.32. The fraction of sp³-hybridized carbons (Fsp3) is 0.160. The Morgan fingerprint density at radius 2 is 1.91 bits per heavy atom. The van der Waals surface area contributed by atoms with Crippen LogP contribution in [-0.4, -0.2) is 36.9 Å². The number of hydrogen-bond donors (Lipinski definition) is 0. The van der Waals surface area contributed by atoms with E-state index in [1.165, 1.54) is 16.3 Å². The first-order valence-corrected chi connectivity index (χ1v) is 12.3. The second kappa shape index (κ2) is 9.82. The Kier molecular flexibility index (Phi) is 6.46. The van der Waals surface area contributed by atoms with E-state index in [1.807, 2.05) is 49.4 Å².